The third-order valence-electron chi connectivity index (χ3n) is 5.11. The molecule has 29 heavy (non-hydrogen) atoms. The van der Waals surface area contributed by atoms with E-state index in [1.165, 1.54) is 17.7 Å². The van der Waals surface area contributed by atoms with Gasteiger partial charge in [-0.05, 0) is 30.5 Å². The third-order valence-corrected chi connectivity index (χ3v) is 5.11. The lowest BCUT2D eigenvalue weighted by Gasteiger charge is -2.32. The fraction of sp³-hybridized carbons (Fsp3) is 0.273. The van der Waals surface area contributed by atoms with Gasteiger partial charge in [-0.2, -0.15) is 0 Å². The molecule has 0 atom stereocenters. The number of nitrogens with zero attached hydrogens (tertiary/aromatic N) is 2. The Bertz CT molecular complexity index is 983. The van der Waals surface area contributed by atoms with Gasteiger partial charge in [0.05, 0.1) is 5.56 Å². The Morgan fingerprint density at radius 3 is 2.59 bits per heavy atom. The highest BCUT2D eigenvalue weighted by atomic mass is 19.1. The number of amides is 1. The molecule has 3 aromatic rings. The van der Waals surface area contributed by atoms with E-state index in [0.29, 0.717) is 0 Å². The van der Waals surface area contributed by atoms with Gasteiger partial charge in [0.2, 0.25) is 0 Å². The number of rotatable bonds is 5. The van der Waals surface area contributed by atoms with E-state index in [2.05, 4.69) is 27.5 Å². The molecule has 1 amide bonds. The topological polar surface area (TPSA) is 58.4 Å². The van der Waals surface area contributed by atoms with E-state index in [9.17, 15) is 13.6 Å². The van der Waals surface area contributed by atoms with E-state index in [4.69, 9.17) is 4.52 Å². The third kappa shape index (κ3) is 4.68. The first kappa shape index (κ1) is 19.3. The van der Waals surface area contributed by atoms with Crippen LogP contribution in [0.25, 0.3) is 11.3 Å². The lowest BCUT2D eigenvalue weighted by atomic mass is 10.0. The minimum absolute atomic E-state index is 0.0530. The van der Waals surface area contributed by atoms with Crippen LogP contribution in [0.15, 0.2) is 59.1 Å². The van der Waals surface area contributed by atoms with Crippen LogP contribution < -0.4 is 5.32 Å². The SMILES string of the molecule is O=C(NC1CCN(Cc2ccccc2)CC1)c1cc(-c2ccc(F)cc2F)on1. The molecule has 0 bridgehead atoms. The monoisotopic (exact) mass is 397 g/mol. The smallest absolute Gasteiger partial charge is 0.273 e. The normalized spacial score (nSPS) is 15.4. The van der Waals surface area contributed by atoms with E-state index in [0.717, 1.165) is 44.6 Å². The molecular weight excluding hydrogens is 376 g/mol. The lowest BCUT2D eigenvalue weighted by Crippen LogP contribution is -2.44. The fourth-order valence-electron chi connectivity index (χ4n) is 3.53. The molecule has 0 radical (unpaired) electrons. The second-order valence-electron chi connectivity index (χ2n) is 7.21. The Balaban J connectivity index is 1.32. The zero-order valence-corrected chi connectivity index (χ0v) is 15.8. The Morgan fingerprint density at radius 1 is 1.10 bits per heavy atom. The Kier molecular flexibility index (Phi) is 5.67. The second-order valence-corrected chi connectivity index (χ2v) is 7.21. The predicted octanol–water partition coefficient (Wildman–Crippen LogP) is 4.01. The number of carbonyl (C=O) groups is 1. The van der Waals surface area contributed by atoms with Gasteiger partial charge >= 0.3 is 0 Å². The highest BCUT2D eigenvalue weighted by Gasteiger charge is 2.23. The Hall–Kier alpha value is -3.06. The summed E-state index contributed by atoms with van der Waals surface area (Å²) in [6, 6.07) is 14.9. The number of hydrogen-bond donors (Lipinski definition) is 1. The Labute approximate surface area is 167 Å². The summed E-state index contributed by atoms with van der Waals surface area (Å²) in [6.07, 6.45) is 1.69. The zero-order valence-electron chi connectivity index (χ0n) is 15.8. The van der Waals surface area contributed by atoms with Gasteiger partial charge < -0.3 is 9.84 Å². The number of hydrogen-bond acceptors (Lipinski definition) is 4. The standard InChI is InChI=1S/C22H21F2N3O2/c23-16-6-7-18(19(24)12-16)21-13-20(26-29-21)22(28)25-17-8-10-27(11-9-17)14-15-4-2-1-3-5-15/h1-7,12-13,17H,8-11,14H2,(H,25,28). The van der Waals surface area contributed by atoms with Gasteiger partial charge in [-0.1, -0.05) is 35.5 Å². The predicted molar refractivity (Wildman–Crippen MR) is 104 cm³/mol. The minimum Gasteiger partial charge on any atom is -0.355 e. The zero-order chi connectivity index (χ0) is 20.2. The van der Waals surface area contributed by atoms with Gasteiger partial charge in [0, 0.05) is 37.8 Å². The summed E-state index contributed by atoms with van der Waals surface area (Å²) in [6.45, 7) is 2.69. The average molecular weight is 397 g/mol. The summed E-state index contributed by atoms with van der Waals surface area (Å²) in [5, 5.41) is 6.70. The molecule has 0 aliphatic carbocycles. The number of likely N-dealkylation sites (tertiary alicyclic amines) is 1. The van der Waals surface area contributed by atoms with Crippen molar-refractivity contribution in [1.82, 2.24) is 15.4 Å². The van der Waals surface area contributed by atoms with Crippen LogP contribution in [0.3, 0.4) is 0 Å². The minimum atomic E-state index is -0.765. The molecule has 0 spiro atoms. The van der Waals surface area contributed by atoms with Crippen molar-refractivity contribution in [3.8, 4) is 11.3 Å². The molecule has 1 aromatic heterocycles. The van der Waals surface area contributed by atoms with Crippen molar-refractivity contribution in [2.24, 2.45) is 0 Å². The number of benzene rings is 2. The summed E-state index contributed by atoms with van der Waals surface area (Å²) < 4.78 is 32.0. The molecular formula is C22H21F2N3O2. The van der Waals surface area contributed by atoms with E-state index >= 15 is 0 Å². The van der Waals surface area contributed by atoms with Gasteiger partial charge in [0.25, 0.3) is 5.91 Å². The molecule has 1 aliphatic rings. The van der Waals surface area contributed by atoms with Crippen LogP contribution in [0.2, 0.25) is 0 Å². The van der Waals surface area contributed by atoms with Crippen LogP contribution in [-0.4, -0.2) is 35.1 Å². The number of nitrogens with one attached hydrogen (secondary N) is 1. The molecule has 2 heterocycles. The van der Waals surface area contributed by atoms with Crippen molar-refractivity contribution >= 4 is 5.91 Å². The van der Waals surface area contributed by atoms with Crippen molar-refractivity contribution < 1.29 is 18.1 Å². The number of aromatic nitrogens is 1. The van der Waals surface area contributed by atoms with Crippen LogP contribution >= 0.6 is 0 Å². The van der Waals surface area contributed by atoms with Gasteiger partial charge in [0.15, 0.2) is 11.5 Å². The molecule has 0 saturated carbocycles. The highest BCUT2D eigenvalue weighted by molar-refractivity contribution is 5.93. The molecule has 7 heteroatoms. The maximum absolute atomic E-state index is 13.9. The second kappa shape index (κ2) is 8.53. The van der Waals surface area contributed by atoms with Crippen LogP contribution in [-0.2, 0) is 6.54 Å². The van der Waals surface area contributed by atoms with Crippen LogP contribution in [0.1, 0.15) is 28.9 Å². The van der Waals surface area contributed by atoms with E-state index < -0.39 is 11.6 Å². The van der Waals surface area contributed by atoms with Crippen molar-refractivity contribution in [3.05, 3.63) is 77.5 Å². The average Bonchev–Trinajstić information content (AvgIpc) is 3.20. The fourth-order valence-corrected chi connectivity index (χ4v) is 3.53. The van der Waals surface area contributed by atoms with Crippen molar-refractivity contribution in [3.63, 3.8) is 0 Å². The van der Waals surface area contributed by atoms with Crippen LogP contribution in [0.5, 0.6) is 0 Å². The molecule has 5 nitrogen and oxygen atoms in total. The number of piperidine rings is 1. The molecule has 2 aromatic carbocycles. The molecule has 1 fully saturated rings. The summed E-state index contributed by atoms with van der Waals surface area (Å²) in [4.78, 5) is 14.8. The van der Waals surface area contributed by atoms with Gasteiger partial charge in [-0.15, -0.1) is 0 Å². The highest BCUT2D eigenvalue weighted by Crippen LogP contribution is 2.24. The number of halogens is 2. The Morgan fingerprint density at radius 2 is 1.86 bits per heavy atom. The first-order chi connectivity index (χ1) is 14.1. The quantitative estimate of drug-likeness (QED) is 0.707. The summed E-state index contributed by atoms with van der Waals surface area (Å²) >= 11 is 0. The van der Waals surface area contributed by atoms with Gasteiger partial charge in [-0.3, -0.25) is 9.69 Å². The molecule has 1 saturated heterocycles. The molecule has 0 unspecified atom stereocenters. The van der Waals surface area contributed by atoms with Gasteiger partial charge in [0.1, 0.15) is 11.6 Å². The summed E-state index contributed by atoms with van der Waals surface area (Å²) in [5.41, 5.74) is 1.42. The summed E-state index contributed by atoms with van der Waals surface area (Å²) in [5.74, 6) is -1.71. The van der Waals surface area contributed by atoms with Crippen LogP contribution in [0, 0.1) is 11.6 Å². The molecule has 150 valence electrons. The van der Waals surface area contributed by atoms with E-state index in [-0.39, 0.29) is 29.0 Å². The van der Waals surface area contributed by atoms with Crippen molar-refractivity contribution in [2.75, 3.05) is 13.1 Å². The first-order valence-electron chi connectivity index (χ1n) is 9.58. The maximum atomic E-state index is 13.9. The lowest BCUT2D eigenvalue weighted by molar-refractivity contribution is 0.0900. The van der Waals surface area contributed by atoms with Gasteiger partial charge in [-0.25, -0.2) is 8.78 Å². The summed E-state index contributed by atoms with van der Waals surface area (Å²) in [7, 11) is 0. The van der Waals surface area contributed by atoms with Crippen LogP contribution in [0.4, 0.5) is 8.78 Å². The molecule has 4 rings (SSSR count). The van der Waals surface area contributed by atoms with Crippen molar-refractivity contribution in [2.45, 2.75) is 25.4 Å². The number of carbonyl (C=O) groups excluding carboxylic acids is 1. The first-order valence-corrected chi connectivity index (χ1v) is 9.58. The van der Waals surface area contributed by atoms with E-state index in [1.807, 2.05) is 18.2 Å². The molecule has 1 N–H and O–H groups in total. The van der Waals surface area contributed by atoms with Crippen molar-refractivity contribution in [1.29, 1.82) is 0 Å². The molecule has 1 aliphatic heterocycles. The van der Waals surface area contributed by atoms with E-state index in [1.54, 1.807) is 0 Å². The largest absolute Gasteiger partial charge is 0.355 e. The maximum Gasteiger partial charge on any atom is 0.273 e.